The van der Waals surface area contributed by atoms with Crippen molar-refractivity contribution in [2.45, 2.75) is 40.0 Å². The molecule has 0 spiro atoms. The van der Waals surface area contributed by atoms with Gasteiger partial charge in [-0.25, -0.2) is 4.31 Å². The molecule has 1 amide bonds. The molecule has 2 aliphatic rings. The maximum atomic E-state index is 12.3. The van der Waals surface area contributed by atoms with Crippen molar-refractivity contribution >= 4 is 29.7 Å². The van der Waals surface area contributed by atoms with E-state index in [1.54, 1.807) is 12.0 Å². The molecule has 2 saturated heterocycles. The third-order valence-electron chi connectivity index (χ3n) is 5.73. The van der Waals surface area contributed by atoms with E-state index in [4.69, 9.17) is 9.84 Å². The van der Waals surface area contributed by atoms with Crippen LogP contribution in [0.15, 0.2) is 47.7 Å². The highest BCUT2D eigenvalue weighted by Crippen LogP contribution is 2.29. The zero-order valence-electron chi connectivity index (χ0n) is 21.1. The zero-order valence-corrected chi connectivity index (χ0v) is 22.0. The molecule has 1 aromatic carbocycles. The van der Waals surface area contributed by atoms with Crippen molar-refractivity contribution in [3.05, 3.63) is 47.7 Å². The number of hydrogen-bond acceptors (Lipinski definition) is 8. The Bertz CT molecular complexity index is 882. The molecule has 3 rings (SSSR count). The second kappa shape index (κ2) is 14.8. The summed E-state index contributed by atoms with van der Waals surface area (Å²) in [4.78, 5) is 27.0. The van der Waals surface area contributed by atoms with Crippen LogP contribution in [0.4, 0.5) is 5.69 Å². The van der Waals surface area contributed by atoms with Gasteiger partial charge in [0.2, 0.25) is 5.91 Å². The summed E-state index contributed by atoms with van der Waals surface area (Å²) in [5, 5.41) is 19.2. The zero-order chi connectivity index (χ0) is 25.8. The molecule has 0 saturated carbocycles. The van der Waals surface area contributed by atoms with Gasteiger partial charge in [0.15, 0.2) is 0 Å². The molecule has 0 radical (unpaired) electrons. The van der Waals surface area contributed by atoms with Crippen LogP contribution in [0.1, 0.15) is 40.0 Å². The Hall–Kier alpha value is -2.53. The highest BCUT2D eigenvalue weighted by atomic mass is 32.2. The number of hydrogen-bond donors (Lipinski definition) is 2. The molecule has 0 aliphatic carbocycles. The van der Waals surface area contributed by atoms with Gasteiger partial charge in [-0.15, -0.1) is 4.47 Å². The number of methoxy groups -OCH3 is 1. The SMILES string of the molecule is C/C=C1\C(=C/CN(O)SN2CCN(c3ccc(OC)cc3)CC2)CCN1C(=O)CCC(=O)O.CC. The van der Waals surface area contributed by atoms with Gasteiger partial charge in [0.25, 0.3) is 0 Å². The maximum absolute atomic E-state index is 12.3. The lowest BCUT2D eigenvalue weighted by Crippen LogP contribution is -2.44. The largest absolute Gasteiger partial charge is 0.497 e. The summed E-state index contributed by atoms with van der Waals surface area (Å²) >= 11 is 1.30. The lowest BCUT2D eigenvalue weighted by atomic mass is 10.1. The predicted molar refractivity (Wildman–Crippen MR) is 139 cm³/mol. The smallest absolute Gasteiger partial charge is 0.303 e. The van der Waals surface area contributed by atoms with E-state index in [2.05, 4.69) is 21.3 Å². The minimum absolute atomic E-state index is 0.00949. The lowest BCUT2D eigenvalue weighted by Gasteiger charge is -2.36. The predicted octanol–water partition coefficient (Wildman–Crippen LogP) is 4.03. The summed E-state index contributed by atoms with van der Waals surface area (Å²) < 4.78 is 8.55. The molecule has 2 heterocycles. The van der Waals surface area contributed by atoms with Gasteiger partial charge in [-0.05, 0) is 43.2 Å². The first kappa shape index (κ1) is 28.7. The number of carbonyl (C=O) groups is 2. The molecule has 0 bridgehead atoms. The fraction of sp³-hybridized carbons (Fsp3) is 0.520. The van der Waals surface area contributed by atoms with Crippen molar-refractivity contribution in [1.29, 1.82) is 0 Å². The normalized spacial score (nSPS) is 18.7. The molecule has 2 fully saturated rings. The number of allylic oxidation sites excluding steroid dienone is 2. The minimum atomic E-state index is -0.974. The Morgan fingerprint density at radius 3 is 2.31 bits per heavy atom. The molecular weight excluding hydrogens is 468 g/mol. The van der Waals surface area contributed by atoms with Gasteiger partial charge < -0.3 is 24.9 Å². The Morgan fingerprint density at radius 2 is 1.74 bits per heavy atom. The molecule has 194 valence electrons. The van der Waals surface area contributed by atoms with Crippen LogP contribution in [0.2, 0.25) is 0 Å². The quantitative estimate of drug-likeness (QED) is 0.380. The van der Waals surface area contributed by atoms with E-state index >= 15 is 0 Å². The standard InChI is InChI=1S/C23H32N4O5S.C2H6/c1-3-21-18(10-12-26(21)22(28)8-9-23(29)30)11-13-27(31)33-25-16-14-24(15-17-25)19-4-6-20(32-2)7-5-19;1-2/h3-7,11,31H,8-10,12-17H2,1-2H3,(H,29,30);1-2H3/b18-11-,21-3+;. The third kappa shape index (κ3) is 8.57. The Kier molecular flexibility index (Phi) is 12.1. The molecule has 9 nitrogen and oxygen atoms in total. The Morgan fingerprint density at radius 1 is 1.09 bits per heavy atom. The second-order valence-corrected chi connectivity index (χ2v) is 8.92. The van der Waals surface area contributed by atoms with Crippen LogP contribution in [0.3, 0.4) is 0 Å². The average Bonchev–Trinajstić information content (AvgIpc) is 3.31. The third-order valence-corrected chi connectivity index (χ3v) is 6.67. The van der Waals surface area contributed by atoms with E-state index in [1.807, 2.05) is 45.1 Å². The fourth-order valence-electron chi connectivity index (χ4n) is 3.99. The van der Waals surface area contributed by atoms with Crippen molar-refractivity contribution in [3.63, 3.8) is 0 Å². The molecule has 0 aromatic heterocycles. The summed E-state index contributed by atoms with van der Waals surface area (Å²) in [6.45, 7) is 10.1. The number of aliphatic carboxylic acids is 1. The maximum Gasteiger partial charge on any atom is 0.303 e. The van der Waals surface area contributed by atoms with Gasteiger partial charge in [-0.2, -0.15) is 0 Å². The number of rotatable bonds is 9. The fourth-order valence-corrected chi connectivity index (χ4v) is 4.72. The molecule has 10 heteroatoms. The average molecular weight is 507 g/mol. The summed E-state index contributed by atoms with van der Waals surface area (Å²) in [7, 11) is 1.66. The van der Waals surface area contributed by atoms with E-state index in [0.717, 1.165) is 48.9 Å². The van der Waals surface area contributed by atoms with Crippen LogP contribution in [-0.4, -0.2) is 82.2 Å². The lowest BCUT2D eigenvalue weighted by molar-refractivity contribution is -0.140. The second-order valence-electron chi connectivity index (χ2n) is 7.82. The van der Waals surface area contributed by atoms with Crippen LogP contribution in [0.5, 0.6) is 5.75 Å². The number of anilines is 1. The van der Waals surface area contributed by atoms with Crippen molar-refractivity contribution in [2.75, 3.05) is 51.3 Å². The van der Waals surface area contributed by atoms with Gasteiger partial charge in [-0.1, -0.05) is 26.0 Å². The summed E-state index contributed by atoms with van der Waals surface area (Å²) in [6, 6.07) is 8.04. The van der Waals surface area contributed by atoms with Gasteiger partial charge in [0.05, 0.1) is 20.1 Å². The molecule has 0 unspecified atom stereocenters. The van der Waals surface area contributed by atoms with E-state index in [-0.39, 0.29) is 18.7 Å². The van der Waals surface area contributed by atoms with Crippen LogP contribution < -0.4 is 9.64 Å². The van der Waals surface area contributed by atoms with Crippen molar-refractivity contribution in [2.24, 2.45) is 0 Å². The van der Waals surface area contributed by atoms with Crippen LogP contribution in [-0.2, 0) is 9.59 Å². The molecule has 0 atom stereocenters. The number of nitrogens with zero attached hydrogens (tertiary/aromatic N) is 4. The first-order valence-corrected chi connectivity index (χ1v) is 12.8. The topological polar surface area (TPSA) is 96.8 Å². The van der Waals surface area contributed by atoms with Crippen LogP contribution in [0.25, 0.3) is 0 Å². The first-order chi connectivity index (χ1) is 16.9. The van der Waals surface area contributed by atoms with Crippen molar-refractivity contribution < 1.29 is 24.6 Å². The van der Waals surface area contributed by atoms with Gasteiger partial charge in [-0.3, -0.25) is 9.59 Å². The van der Waals surface area contributed by atoms with Gasteiger partial charge >= 0.3 is 5.97 Å². The molecule has 2 N–H and O–H groups in total. The molecule has 1 aromatic rings. The van der Waals surface area contributed by atoms with Crippen molar-refractivity contribution in [3.8, 4) is 5.75 Å². The highest BCUT2D eigenvalue weighted by Gasteiger charge is 2.27. The molecular formula is C25H38N4O5S. The number of amides is 1. The van der Waals surface area contributed by atoms with E-state index in [0.29, 0.717) is 19.5 Å². The number of carbonyl (C=O) groups excluding carboxylic acids is 1. The number of piperazine rings is 1. The Balaban J connectivity index is 0.00000210. The van der Waals surface area contributed by atoms with E-state index < -0.39 is 5.97 Å². The molecule has 35 heavy (non-hydrogen) atoms. The number of benzene rings is 1. The monoisotopic (exact) mass is 506 g/mol. The number of carboxylic acids is 1. The van der Waals surface area contributed by atoms with Crippen LogP contribution in [0, 0.1) is 0 Å². The highest BCUT2D eigenvalue weighted by molar-refractivity contribution is 7.94. The number of carboxylic acid groups (broad SMARTS) is 1. The Labute approximate surface area is 212 Å². The number of likely N-dealkylation sites (tertiary alicyclic amines) is 1. The number of hydroxylamine groups is 1. The molecule has 2 aliphatic heterocycles. The van der Waals surface area contributed by atoms with Crippen molar-refractivity contribution in [1.82, 2.24) is 13.7 Å². The summed E-state index contributed by atoms with van der Waals surface area (Å²) in [5.41, 5.74) is 2.95. The summed E-state index contributed by atoms with van der Waals surface area (Å²) in [6.07, 6.45) is 4.31. The minimum Gasteiger partial charge on any atom is -0.497 e. The first-order valence-electron chi connectivity index (χ1n) is 12.1. The summed E-state index contributed by atoms with van der Waals surface area (Å²) in [5.74, 6) is -0.314. The number of ether oxygens (including phenoxy) is 1. The van der Waals surface area contributed by atoms with Gasteiger partial charge in [0, 0.05) is 62.7 Å². The van der Waals surface area contributed by atoms with E-state index in [9.17, 15) is 14.8 Å². The van der Waals surface area contributed by atoms with E-state index in [1.165, 1.54) is 16.6 Å². The van der Waals surface area contributed by atoms with Gasteiger partial charge in [0.1, 0.15) is 5.75 Å². The van der Waals surface area contributed by atoms with Crippen LogP contribution >= 0.6 is 12.1 Å².